The Kier molecular flexibility index (Phi) is 3.35. The molecule has 0 saturated heterocycles. The molecule has 0 aliphatic rings. The molecule has 11 heavy (non-hydrogen) atoms. The number of hydrogen-bond acceptors (Lipinski definition) is 4. The zero-order valence-electron chi connectivity index (χ0n) is 7.33. The van der Waals surface area contributed by atoms with E-state index in [1.807, 2.05) is 0 Å². The van der Waals surface area contributed by atoms with Crippen molar-refractivity contribution in [1.29, 1.82) is 0 Å². The van der Waals surface area contributed by atoms with Gasteiger partial charge in [-0.1, -0.05) is 0 Å². The highest BCUT2D eigenvalue weighted by molar-refractivity contribution is 4.90. The predicted octanol–water partition coefficient (Wildman–Crippen LogP) is -0.247. The summed E-state index contributed by atoms with van der Waals surface area (Å²) in [5.74, 6) is 5.48. The zero-order chi connectivity index (χ0) is 9.07. The van der Waals surface area contributed by atoms with Crippen LogP contribution in [0.25, 0.3) is 0 Å². The maximum absolute atomic E-state index is 9.31. The maximum Gasteiger partial charge on any atom is 0.0781 e. The van der Waals surface area contributed by atoms with Crippen LogP contribution in [0.5, 0.6) is 0 Å². The minimum atomic E-state index is -0.791. The van der Waals surface area contributed by atoms with E-state index >= 15 is 0 Å². The highest BCUT2D eigenvalue weighted by atomic mass is 16.3. The Morgan fingerprint density at radius 1 is 1.64 bits per heavy atom. The van der Waals surface area contributed by atoms with Crippen LogP contribution in [0.3, 0.4) is 0 Å². The molecule has 0 aliphatic carbocycles. The second kappa shape index (κ2) is 3.59. The Labute approximate surface area is 67.4 Å². The van der Waals surface area contributed by atoms with E-state index in [9.17, 15) is 5.11 Å². The summed E-state index contributed by atoms with van der Waals surface area (Å²) in [6.07, 6.45) is 1.58. The quantitative estimate of drug-likeness (QED) is 0.392. The fourth-order valence-corrected chi connectivity index (χ4v) is 0.754. The van der Waals surface area contributed by atoms with E-state index in [4.69, 9.17) is 11.6 Å². The number of aliphatic hydroxyl groups is 1. The van der Waals surface area contributed by atoms with Gasteiger partial charge in [-0.15, -0.1) is 0 Å². The summed E-state index contributed by atoms with van der Waals surface area (Å²) in [6.45, 7) is 5.48. The number of allylic oxidation sites excluding steroid dienone is 1. The summed E-state index contributed by atoms with van der Waals surface area (Å²) < 4.78 is 0. The molecule has 4 nitrogen and oxygen atoms in total. The van der Waals surface area contributed by atoms with Gasteiger partial charge < -0.3 is 15.8 Å². The van der Waals surface area contributed by atoms with E-state index < -0.39 is 5.60 Å². The van der Waals surface area contributed by atoms with Gasteiger partial charge in [0.05, 0.1) is 12.1 Å². The molecule has 0 heterocycles. The van der Waals surface area contributed by atoms with Crippen molar-refractivity contribution in [3.8, 4) is 0 Å². The lowest BCUT2D eigenvalue weighted by atomic mass is 10.1. The topological polar surface area (TPSA) is 75.5 Å². The van der Waals surface area contributed by atoms with E-state index in [0.29, 0.717) is 12.2 Å². The molecule has 0 rings (SSSR count). The van der Waals surface area contributed by atoms with Crippen LogP contribution in [0, 0.1) is 0 Å². The lowest BCUT2D eigenvalue weighted by Gasteiger charge is -2.23. The Morgan fingerprint density at radius 2 is 2.09 bits per heavy atom. The van der Waals surface area contributed by atoms with E-state index in [-0.39, 0.29) is 0 Å². The van der Waals surface area contributed by atoms with Crippen LogP contribution < -0.4 is 11.6 Å². The summed E-state index contributed by atoms with van der Waals surface area (Å²) in [4.78, 5) is 0. The van der Waals surface area contributed by atoms with Crippen LogP contribution in [0.1, 0.15) is 20.8 Å². The van der Waals surface area contributed by atoms with E-state index in [2.05, 4.69) is 0 Å². The SMILES string of the molecule is C/C(N)=C/N(N)CC(C)(C)O. The van der Waals surface area contributed by atoms with Crippen molar-refractivity contribution in [3.05, 3.63) is 11.9 Å². The second-order valence-electron chi connectivity index (χ2n) is 3.36. The molecule has 0 unspecified atom stereocenters. The first kappa shape index (κ1) is 10.3. The van der Waals surface area contributed by atoms with Crippen LogP contribution in [-0.4, -0.2) is 22.3 Å². The fourth-order valence-electron chi connectivity index (χ4n) is 0.754. The fraction of sp³-hybridized carbons (Fsp3) is 0.714. The molecule has 0 spiro atoms. The van der Waals surface area contributed by atoms with Crippen molar-refractivity contribution in [1.82, 2.24) is 5.01 Å². The first-order chi connectivity index (χ1) is 4.81. The largest absolute Gasteiger partial charge is 0.401 e. The van der Waals surface area contributed by atoms with Crippen LogP contribution >= 0.6 is 0 Å². The zero-order valence-corrected chi connectivity index (χ0v) is 7.33. The van der Waals surface area contributed by atoms with Crippen molar-refractivity contribution in [3.63, 3.8) is 0 Å². The summed E-state index contributed by atoms with van der Waals surface area (Å²) in [7, 11) is 0. The van der Waals surface area contributed by atoms with Crippen molar-refractivity contribution in [2.24, 2.45) is 11.6 Å². The molecule has 0 aliphatic heterocycles. The van der Waals surface area contributed by atoms with E-state index in [1.54, 1.807) is 27.0 Å². The van der Waals surface area contributed by atoms with E-state index in [1.165, 1.54) is 5.01 Å². The molecule has 0 aromatic rings. The Bertz CT molecular complexity index is 144. The average Bonchev–Trinajstić information content (AvgIpc) is 1.53. The monoisotopic (exact) mass is 159 g/mol. The van der Waals surface area contributed by atoms with Crippen molar-refractivity contribution < 1.29 is 5.11 Å². The summed E-state index contributed by atoms with van der Waals surface area (Å²) in [5, 5.41) is 10.7. The average molecular weight is 159 g/mol. The molecular formula is C7H17N3O. The summed E-state index contributed by atoms with van der Waals surface area (Å²) in [6, 6.07) is 0. The van der Waals surface area contributed by atoms with Gasteiger partial charge in [-0.3, -0.25) is 0 Å². The van der Waals surface area contributed by atoms with Crippen LogP contribution in [0.2, 0.25) is 0 Å². The summed E-state index contributed by atoms with van der Waals surface area (Å²) >= 11 is 0. The summed E-state index contributed by atoms with van der Waals surface area (Å²) in [5.41, 5.74) is 5.20. The molecule has 0 atom stereocenters. The van der Waals surface area contributed by atoms with Crippen molar-refractivity contribution in [2.75, 3.05) is 6.54 Å². The van der Waals surface area contributed by atoms with Crippen molar-refractivity contribution >= 4 is 0 Å². The number of nitrogens with zero attached hydrogens (tertiary/aromatic N) is 1. The van der Waals surface area contributed by atoms with E-state index in [0.717, 1.165) is 0 Å². The molecule has 0 fully saturated rings. The van der Waals surface area contributed by atoms with Crippen LogP contribution in [-0.2, 0) is 0 Å². The third-order valence-corrected chi connectivity index (χ3v) is 0.939. The van der Waals surface area contributed by atoms with Crippen LogP contribution in [0.15, 0.2) is 11.9 Å². The van der Waals surface area contributed by atoms with Gasteiger partial charge in [-0.2, -0.15) is 0 Å². The molecule has 0 aromatic carbocycles. The molecule has 4 heteroatoms. The highest BCUT2D eigenvalue weighted by Gasteiger charge is 2.13. The highest BCUT2D eigenvalue weighted by Crippen LogP contribution is 2.01. The third kappa shape index (κ3) is 7.15. The Balaban J connectivity index is 3.89. The molecule has 0 radical (unpaired) electrons. The van der Waals surface area contributed by atoms with Gasteiger partial charge in [0.2, 0.25) is 0 Å². The van der Waals surface area contributed by atoms with Gasteiger partial charge in [0.1, 0.15) is 0 Å². The van der Waals surface area contributed by atoms with Gasteiger partial charge >= 0.3 is 0 Å². The first-order valence-electron chi connectivity index (χ1n) is 3.49. The minimum absolute atomic E-state index is 0.363. The number of nitrogens with two attached hydrogens (primary N) is 2. The van der Waals surface area contributed by atoms with Gasteiger partial charge in [-0.25, -0.2) is 5.84 Å². The molecule has 5 N–H and O–H groups in total. The Morgan fingerprint density at radius 3 is 2.36 bits per heavy atom. The van der Waals surface area contributed by atoms with Crippen LogP contribution in [0.4, 0.5) is 0 Å². The molecular weight excluding hydrogens is 142 g/mol. The van der Waals surface area contributed by atoms with Gasteiger partial charge in [0, 0.05) is 11.9 Å². The second-order valence-corrected chi connectivity index (χ2v) is 3.36. The van der Waals surface area contributed by atoms with Gasteiger partial charge in [-0.05, 0) is 20.8 Å². The normalized spacial score (nSPS) is 13.4. The number of hydrogen-bond donors (Lipinski definition) is 3. The standard InChI is InChI=1S/C7H17N3O/c1-6(8)4-10(9)5-7(2,3)11/h4,11H,5,8-9H2,1-3H3/b6-4-. The van der Waals surface area contributed by atoms with Gasteiger partial charge in [0.15, 0.2) is 0 Å². The third-order valence-electron chi connectivity index (χ3n) is 0.939. The first-order valence-corrected chi connectivity index (χ1v) is 3.49. The smallest absolute Gasteiger partial charge is 0.0781 e. The van der Waals surface area contributed by atoms with Gasteiger partial charge in [0.25, 0.3) is 0 Å². The Hall–Kier alpha value is -0.740. The molecule has 0 amide bonds. The minimum Gasteiger partial charge on any atom is -0.401 e. The van der Waals surface area contributed by atoms with Crippen molar-refractivity contribution in [2.45, 2.75) is 26.4 Å². The lowest BCUT2D eigenvalue weighted by Crippen LogP contribution is -2.39. The predicted molar refractivity (Wildman–Crippen MR) is 45.1 cm³/mol. The lowest BCUT2D eigenvalue weighted by molar-refractivity contribution is 0.0504. The molecule has 0 saturated carbocycles. The number of rotatable bonds is 3. The maximum atomic E-state index is 9.31. The molecule has 66 valence electrons. The molecule has 0 bridgehead atoms. The number of hydrazine groups is 1. The molecule has 0 aromatic heterocycles.